The minimum atomic E-state index is -0.328. The summed E-state index contributed by atoms with van der Waals surface area (Å²) in [5, 5.41) is 6.19. The zero-order valence-corrected chi connectivity index (χ0v) is 20.2. The highest BCUT2D eigenvalue weighted by Crippen LogP contribution is 2.32. The fourth-order valence-electron chi connectivity index (χ4n) is 3.07. The highest BCUT2D eigenvalue weighted by Gasteiger charge is 2.22. The van der Waals surface area contributed by atoms with E-state index in [-0.39, 0.29) is 17.1 Å². The number of thiazole rings is 1. The standard InChI is InChI=1S/C25H21BrFN3OS/c1-25(2,3)18-8-6-17(7-9-18)23(31)30(28-15-16-4-11-20(27)12-5-16)24-29-21-13-10-19(26)14-22(21)32-24/h4-15H,1-3H3/b28-15+. The van der Waals surface area contributed by atoms with Gasteiger partial charge in [0, 0.05) is 10.0 Å². The molecular weight excluding hydrogens is 489 g/mol. The summed E-state index contributed by atoms with van der Waals surface area (Å²) in [7, 11) is 0. The van der Waals surface area contributed by atoms with Crippen LogP contribution in [0.1, 0.15) is 42.3 Å². The number of carbonyl (C=O) groups is 1. The molecule has 0 unspecified atom stereocenters. The third kappa shape index (κ3) is 4.95. The Balaban J connectivity index is 1.73. The number of rotatable bonds is 4. The number of benzene rings is 3. The van der Waals surface area contributed by atoms with Gasteiger partial charge in [0.2, 0.25) is 5.13 Å². The Morgan fingerprint density at radius 3 is 2.41 bits per heavy atom. The maximum atomic E-state index is 13.4. The Morgan fingerprint density at radius 2 is 1.75 bits per heavy atom. The monoisotopic (exact) mass is 509 g/mol. The third-order valence-electron chi connectivity index (χ3n) is 4.90. The van der Waals surface area contributed by atoms with Crippen molar-refractivity contribution in [1.82, 2.24) is 4.98 Å². The van der Waals surface area contributed by atoms with Crippen LogP contribution < -0.4 is 5.01 Å². The first-order chi connectivity index (χ1) is 15.2. The van der Waals surface area contributed by atoms with Gasteiger partial charge < -0.3 is 0 Å². The number of fused-ring (bicyclic) bond motifs is 1. The van der Waals surface area contributed by atoms with Crippen molar-refractivity contribution in [2.75, 3.05) is 5.01 Å². The van der Waals surface area contributed by atoms with Gasteiger partial charge >= 0.3 is 0 Å². The van der Waals surface area contributed by atoms with Gasteiger partial charge in [-0.3, -0.25) is 4.79 Å². The van der Waals surface area contributed by atoms with E-state index in [2.05, 4.69) is 46.8 Å². The topological polar surface area (TPSA) is 45.6 Å². The van der Waals surface area contributed by atoms with Crippen LogP contribution in [0.5, 0.6) is 0 Å². The molecule has 0 aliphatic rings. The van der Waals surface area contributed by atoms with Gasteiger partial charge in [0.15, 0.2) is 0 Å². The molecule has 0 spiro atoms. The minimum Gasteiger partial charge on any atom is -0.267 e. The summed E-state index contributed by atoms with van der Waals surface area (Å²) in [6, 6.07) is 19.2. The van der Waals surface area contributed by atoms with Crippen LogP contribution in [-0.2, 0) is 5.41 Å². The first-order valence-corrected chi connectivity index (χ1v) is 11.6. The SMILES string of the molecule is CC(C)(C)c1ccc(C(=O)N(/N=C/c2ccc(F)cc2)c2nc3ccc(Br)cc3s2)cc1. The lowest BCUT2D eigenvalue weighted by Gasteiger charge is -2.19. The first kappa shape index (κ1) is 22.3. The van der Waals surface area contributed by atoms with Crippen LogP contribution in [0.15, 0.2) is 76.3 Å². The van der Waals surface area contributed by atoms with Crippen LogP contribution in [0, 0.1) is 5.82 Å². The minimum absolute atomic E-state index is 0.0115. The van der Waals surface area contributed by atoms with Crippen molar-refractivity contribution in [1.29, 1.82) is 0 Å². The molecule has 1 heterocycles. The van der Waals surface area contributed by atoms with Gasteiger partial charge in [-0.15, -0.1) is 0 Å². The van der Waals surface area contributed by atoms with E-state index >= 15 is 0 Å². The Bertz CT molecular complexity index is 1290. The molecule has 3 aromatic carbocycles. The molecule has 0 saturated heterocycles. The van der Waals surface area contributed by atoms with Crippen molar-refractivity contribution >= 4 is 54.7 Å². The van der Waals surface area contributed by atoms with Crippen LogP contribution in [0.25, 0.3) is 10.2 Å². The van der Waals surface area contributed by atoms with Crippen molar-refractivity contribution in [2.24, 2.45) is 5.10 Å². The van der Waals surface area contributed by atoms with E-state index in [0.29, 0.717) is 16.3 Å². The van der Waals surface area contributed by atoms with Crippen LogP contribution in [0.4, 0.5) is 9.52 Å². The maximum Gasteiger partial charge on any atom is 0.280 e. The van der Waals surface area contributed by atoms with Gasteiger partial charge in [-0.05, 0) is 59.0 Å². The van der Waals surface area contributed by atoms with Crippen LogP contribution in [0.3, 0.4) is 0 Å². The Kier molecular flexibility index (Phi) is 6.22. The van der Waals surface area contributed by atoms with Gasteiger partial charge in [0.1, 0.15) is 5.82 Å². The smallest absolute Gasteiger partial charge is 0.267 e. The second-order valence-corrected chi connectivity index (χ2v) is 10.3. The molecule has 0 bridgehead atoms. The molecule has 4 rings (SSSR count). The molecule has 0 atom stereocenters. The third-order valence-corrected chi connectivity index (χ3v) is 6.39. The predicted octanol–water partition coefficient (Wildman–Crippen LogP) is 7.18. The Labute approximate surface area is 198 Å². The summed E-state index contributed by atoms with van der Waals surface area (Å²) < 4.78 is 15.1. The molecule has 162 valence electrons. The van der Waals surface area contributed by atoms with Crippen molar-refractivity contribution in [2.45, 2.75) is 26.2 Å². The largest absolute Gasteiger partial charge is 0.280 e. The zero-order valence-electron chi connectivity index (χ0n) is 17.8. The molecule has 0 saturated carbocycles. The molecule has 0 aliphatic heterocycles. The lowest BCUT2D eigenvalue weighted by atomic mass is 9.87. The van der Waals surface area contributed by atoms with E-state index < -0.39 is 0 Å². The summed E-state index contributed by atoms with van der Waals surface area (Å²) in [4.78, 5) is 18.0. The van der Waals surface area contributed by atoms with Gasteiger partial charge in [-0.25, -0.2) is 9.37 Å². The number of nitrogens with zero attached hydrogens (tertiary/aromatic N) is 3. The number of hydrogen-bond donors (Lipinski definition) is 0. The summed E-state index contributed by atoms with van der Waals surface area (Å²) in [5.41, 5.74) is 3.10. The second kappa shape index (κ2) is 8.92. The fraction of sp³-hybridized carbons (Fsp3) is 0.160. The Morgan fingerprint density at radius 1 is 1.06 bits per heavy atom. The zero-order chi connectivity index (χ0) is 22.9. The van der Waals surface area contributed by atoms with E-state index in [0.717, 1.165) is 20.3 Å². The van der Waals surface area contributed by atoms with Gasteiger partial charge in [0.25, 0.3) is 5.91 Å². The maximum absolute atomic E-state index is 13.4. The number of carbonyl (C=O) groups excluding carboxylic acids is 1. The van der Waals surface area contributed by atoms with E-state index in [1.54, 1.807) is 12.1 Å². The van der Waals surface area contributed by atoms with Gasteiger partial charge in [-0.1, -0.05) is 72.3 Å². The molecule has 0 fully saturated rings. The van der Waals surface area contributed by atoms with Crippen molar-refractivity contribution in [3.8, 4) is 0 Å². The van der Waals surface area contributed by atoms with E-state index in [1.807, 2.05) is 42.5 Å². The molecule has 7 heteroatoms. The molecule has 0 N–H and O–H groups in total. The highest BCUT2D eigenvalue weighted by atomic mass is 79.9. The number of aromatic nitrogens is 1. The summed E-state index contributed by atoms with van der Waals surface area (Å²) in [5.74, 6) is -0.618. The second-order valence-electron chi connectivity index (χ2n) is 8.35. The quantitative estimate of drug-likeness (QED) is 0.216. The average Bonchev–Trinajstić information content (AvgIpc) is 3.17. The molecule has 32 heavy (non-hydrogen) atoms. The normalized spacial score (nSPS) is 11.9. The number of anilines is 1. The first-order valence-electron chi connectivity index (χ1n) is 10.0. The average molecular weight is 510 g/mol. The molecular formula is C25H21BrFN3OS. The number of hydrazone groups is 1. The van der Waals surface area contributed by atoms with Crippen molar-refractivity contribution in [3.05, 3.63) is 93.7 Å². The number of amides is 1. The van der Waals surface area contributed by atoms with Crippen LogP contribution in [-0.4, -0.2) is 17.1 Å². The summed E-state index contributed by atoms with van der Waals surface area (Å²) in [6.45, 7) is 6.38. The number of hydrogen-bond acceptors (Lipinski definition) is 4. The summed E-state index contributed by atoms with van der Waals surface area (Å²) in [6.07, 6.45) is 1.53. The molecule has 4 aromatic rings. The van der Waals surface area contributed by atoms with E-state index in [9.17, 15) is 9.18 Å². The highest BCUT2D eigenvalue weighted by molar-refractivity contribution is 9.10. The van der Waals surface area contributed by atoms with Gasteiger partial charge in [-0.2, -0.15) is 10.1 Å². The molecule has 1 aromatic heterocycles. The van der Waals surface area contributed by atoms with Crippen LogP contribution >= 0.6 is 27.3 Å². The van der Waals surface area contributed by atoms with Crippen LogP contribution in [0.2, 0.25) is 0 Å². The van der Waals surface area contributed by atoms with E-state index in [4.69, 9.17) is 0 Å². The molecule has 1 amide bonds. The lowest BCUT2D eigenvalue weighted by Crippen LogP contribution is -2.25. The van der Waals surface area contributed by atoms with Gasteiger partial charge in [0.05, 0.1) is 16.4 Å². The van der Waals surface area contributed by atoms with E-state index in [1.165, 1.54) is 34.7 Å². The Hall–Kier alpha value is -2.90. The molecule has 0 aliphatic carbocycles. The van der Waals surface area contributed by atoms with Crippen molar-refractivity contribution < 1.29 is 9.18 Å². The summed E-state index contributed by atoms with van der Waals surface area (Å²) >= 11 is 4.85. The predicted molar refractivity (Wildman–Crippen MR) is 133 cm³/mol. The van der Waals surface area contributed by atoms with Crippen molar-refractivity contribution in [3.63, 3.8) is 0 Å². The fourth-order valence-corrected chi connectivity index (χ4v) is 4.55. The molecule has 4 nitrogen and oxygen atoms in total. The number of halogens is 2. The molecule has 0 radical (unpaired) electrons. The lowest BCUT2D eigenvalue weighted by molar-refractivity contribution is 0.0988.